The number of carbonyl (C=O) groups excluding carboxylic acids is 1. The Morgan fingerprint density at radius 3 is 2.81 bits per heavy atom. The zero-order valence-corrected chi connectivity index (χ0v) is 12.9. The molecular formula is C13H10Cl2N2O3S. The molecule has 1 amide bonds. The predicted molar refractivity (Wildman–Crippen MR) is 81.0 cm³/mol. The van der Waals surface area contributed by atoms with Gasteiger partial charge < -0.3 is 10.4 Å². The van der Waals surface area contributed by atoms with Gasteiger partial charge in [-0.25, -0.2) is 4.98 Å². The van der Waals surface area contributed by atoms with Crippen LogP contribution in [-0.4, -0.2) is 22.0 Å². The number of hydrogen-bond acceptors (Lipinski definition) is 4. The van der Waals surface area contributed by atoms with Crippen molar-refractivity contribution in [3.8, 4) is 0 Å². The lowest BCUT2D eigenvalue weighted by molar-refractivity contribution is -0.137. The van der Waals surface area contributed by atoms with Crippen molar-refractivity contribution in [1.82, 2.24) is 10.3 Å². The van der Waals surface area contributed by atoms with Gasteiger partial charge in [0.1, 0.15) is 5.15 Å². The molecule has 2 aromatic rings. The van der Waals surface area contributed by atoms with Crippen LogP contribution in [0.1, 0.15) is 27.7 Å². The number of carboxylic acid groups (broad SMARTS) is 1. The summed E-state index contributed by atoms with van der Waals surface area (Å²) in [6.45, 7) is 0. The fraction of sp³-hybridized carbons (Fsp3) is 0.154. The molecule has 2 rings (SSSR count). The molecule has 0 aliphatic carbocycles. The maximum Gasteiger partial charge on any atom is 0.305 e. The number of thiophene rings is 1. The smallest absolute Gasteiger partial charge is 0.305 e. The lowest BCUT2D eigenvalue weighted by Crippen LogP contribution is -2.30. The normalized spacial score (nSPS) is 11.9. The number of nitrogens with one attached hydrogen (secondary N) is 1. The Balaban J connectivity index is 2.22. The number of aliphatic carboxylic acids is 1. The summed E-state index contributed by atoms with van der Waals surface area (Å²) in [5.41, 5.74) is 0.156. The summed E-state index contributed by atoms with van der Waals surface area (Å²) in [6.07, 6.45) is 1.05. The highest BCUT2D eigenvalue weighted by Crippen LogP contribution is 2.24. The quantitative estimate of drug-likeness (QED) is 0.814. The minimum absolute atomic E-state index is 0.135. The maximum absolute atomic E-state index is 12.2. The summed E-state index contributed by atoms with van der Waals surface area (Å²) in [5, 5.41) is 13.7. The number of carboxylic acids is 1. The van der Waals surface area contributed by atoms with Crippen LogP contribution in [0.25, 0.3) is 0 Å². The van der Waals surface area contributed by atoms with E-state index in [2.05, 4.69) is 10.3 Å². The maximum atomic E-state index is 12.2. The lowest BCUT2D eigenvalue weighted by atomic mass is 10.1. The molecule has 0 saturated carbocycles. The van der Waals surface area contributed by atoms with Crippen molar-refractivity contribution < 1.29 is 14.7 Å². The van der Waals surface area contributed by atoms with Crippen LogP contribution in [0.4, 0.5) is 0 Å². The average Bonchev–Trinajstić information content (AvgIpc) is 2.94. The van der Waals surface area contributed by atoms with Crippen molar-refractivity contribution in [2.75, 3.05) is 0 Å². The third-order valence-corrected chi connectivity index (χ3v) is 4.13. The SMILES string of the molecule is O=C(O)CC(NC(=O)c1cc(Cl)ncc1Cl)c1cccs1. The average molecular weight is 345 g/mol. The molecule has 0 saturated heterocycles. The van der Waals surface area contributed by atoms with E-state index in [-0.39, 0.29) is 22.2 Å². The molecule has 5 nitrogen and oxygen atoms in total. The molecule has 21 heavy (non-hydrogen) atoms. The van der Waals surface area contributed by atoms with E-state index < -0.39 is 17.9 Å². The van der Waals surface area contributed by atoms with Crippen molar-refractivity contribution >= 4 is 46.4 Å². The Bertz CT molecular complexity index is 661. The minimum atomic E-state index is -1.01. The fourth-order valence-corrected chi connectivity index (χ4v) is 2.84. The molecule has 2 N–H and O–H groups in total. The van der Waals surface area contributed by atoms with Crippen molar-refractivity contribution in [2.24, 2.45) is 0 Å². The van der Waals surface area contributed by atoms with Crippen LogP contribution < -0.4 is 5.32 Å². The first-order valence-corrected chi connectivity index (χ1v) is 7.48. The summed E-state index contributed by atoms with van der Waals surface area (Å²) in [7, 11) is 0. The number of carbonyl (C=O) groups is 2. The van der Waals surface area contributed by atoms with Gasteiger partial charge in [-0.05, 0) is 17.5 Å². The predicted octanol–water partition coefficient (Wildman–Crippen LogP) is 3.40. The zero-order chi connectivity index (χ0) is 15.4. The van der Waals surface area contributed by atoms with Gasteiger partial charge in [-0.15, -0.1) is 11.3 Å². The van der Waals surface area contributed by atoms with Crippen molar-refractivity contribution in [3.63, 3.8) is 0 Å². The molecule has 0 fully saturated rings. The van der Waals surface area contributed by atoms with Gasteiger partial charge in [-0.1, -0.05) is 29.3 Å². The van der Waals surface area contributed by atoms with E-state index in [1.165, 1.54) is 23.6 Å². The van der Waals surface area contributed by atoms with E-state index in [1.54, 1.807) is 12.1 Å². The second-order valence-electron chi connectivity index (χ2n) is 4.13. The Labute approximate surface area is 134 Å². The number of aromatic nitrogens is 1. The van der Waals surface area contributed by atoms with Gasteiger partial charge in [-0.3, -0.25) is 9.59 Å². The van der Waals surface area contributed by atoms with Gasteiger partial charge in [0.25, 0.3) is 5.91 Å². The number of halogens is 2. The first-order chi connectivity index (χ1) is 9.97. The Kier molecular flexibility index (Phi) is 5.17. The third kappa shape index (κ3) is 4.17. The summed E-state index contributed by atoms with van der Waals surface area (Å²) in [5.74, 6) is -1.50. The summed E-state index contributed by atoms with van der Waals surface area (Å²) < 4.78 is 0. The van der Waals surface area contributed by atoms with E-state index in [1.807, 2.05) is 5.38 Å². The van der Waals surface area contributed by atoms with Gasteiger partial charge in [0.2, 0.25) is 0 Å². The molecule has 0 bridgehead atoms. The molecular weight excluding hydrogens is 335 g/mol. The number of amides is 1. The minimum Gasteiger partial charge on any atom is -0.481 e. The van der Waals surface area contributed by atoms with Gasteiger partial charge >= 0.3 is 5.97 Å². The Hall–Kier alpha value is -1.63. The van der Waals surface area contributed by atoms with Crippen LogP contribution in [0, 0.1) is 0 Å². The highest BCUT2D eigenvalue weighted by molar-refractivity contribution is 7.10. The molecule has 0 radical (unpaired) electrons. The van der Waals surface area contributed by atoms with E-state index in [0.29, 0.717) is 0 Å². The van der Waals surface area contributed by atoms with E-state index in [4.69, 9.17) is 28.3 Å². The molecule has 1 unspecified atom stereocenters. The molecule has 0 aliphatic heterocycles. The van der Waals surface area contributed by atoms with Gasteiger partial charge in [0, 0.05) is 11.1 Å². The monoisotopic (exact) mass is 344 g/mol. The first-order valence-electron chi connectivity index (χ1n) is 5.84. The Morgan fingerprint density at radius 1 is 1.43 bits per heavy atom. The fourth-order valence-electron chi connectivity index (χ4n) is 1.71. The molecule has 0 aliphatic rings. The van der Waals surface area contributed by atoms with Crippen molar-refractivity contribution in [1.29, 1.82) is 0 Å². The molecule has 0 spiro atoms. The Morgan fingerprint density at radius 2 is 2.19 bits per heavy atom. The third-order valence-electron chi connectivity index (χ3n) is 2.64. The van der Waals surface area contributed by atoms with Gasteiger partial charge in [0.05, 0.1) is 23.0 Å². The largest absolute Gasteiger partial charge is 0.481 e. The molecule has 2 heterocycles. The second kappa shape index (κ2) is 6.89. The number of rotatable bonds is 5. The van der Waals surface area contributed by atoms with Crippen LogP contribution in [0.15, 0.2) is 29.8 Å². The van der Waals surface area contributed by atoms with Gasteiger partial charge in [-0.2, -0.15) is 0 Å². The number of pyridine rings is 1. The standard InChI is InChI=1S/C13H10Cl2N2O3S/c14-8-6-16-11(15)4-7(8)13(20)17-9(5-12(18)19)10-2-1-3-21-10/h1-4,6,9H,5H2,(H,17,20)(H,18,19). The summed E-state index contributed by atoms with van der Waals surface area (Å²) in [6, 6.07) is 4.26. The van der Waals surface area contributed by atoms with Crippen molar-refractivity contribution in [3.05, 3.63) is 50.4 Å². The summed E-state index contributed by atoms with van der Waals surface area (Å²) >= 11 is 13.0. The lowest BCUT2D eigenvalue weighted by Gasteiger charge is -2.16. The second-order valence-corrected chi connectivity index (χ2v) is 5.90. The first kappa shape index (κ1) is 15.8. The van der Waals surface area contributed by atoms with Crippen LogP contribution in [0.2, 0.25) is 10.2 Å². The molecule has 0 aromatic carbocycles. The van der Waals surface area contributed by atoms with Crippen LogP contribution in [-0.2, 0) is 4.79 Å². The summed E-state index contributed by atoms with van der Waals surface area (Å²) in [4.78, 5) is 27.7. The van der Waals surface area contributed by atoms with Gasteiger partial charge in [0.15, 0.2) is 0 Å². The number of hydrogen-bond donors (Lipinski definition) is 2. The molecule has 2 aromatic heterocycles. The molecule has 1 atom stereocenters. The van der Waals surface area contributed by atoms with Crippen molar-refractivity contribution in [2.45, 2.75) is 12.5 Å². The van der Waals surface area contributed by atoms with Crippen LogP contribution in [0.5, 0.6) is 0 Å². The topological polar surface area (TPSA) is 79.3 Å². The van der Waals surface area contributed by atoms with E-state index in [0.717, 1.165) is 4.88 Å². The van der Waals surface area contributed by atoms with Crippen LogP contribution in [0.3, 0.4) is 0 Å². The van der Waals surface area contributed by atoms with E-state index in [9.17, 15) is 9.59 Å². The molecule has 110 valence electrons. The molecule has 8 heteroatoms. The zero-order valence-electron chi connectivity index (χ0n) is 10.5. The van der Waals surface area contributed by atoms with E-state index >= 15 is 0 Å². The van der Waals surface area contributed by atoms with Crippen LogP contribution >= 0.6 is 34.5 Å². The highest BCUT2D eigenvalue weighted by Gasteiger charge is 2.21. The number of nitrogens with zero attached hydrogens (tertiary/aromatic N) is 1. The highest BCUT2D eigenvalue weighted by atomic mass is 35.5.